The van der Waals surface area contributed by atoms with Crippen LogP contribution in [0.5, 0.6) is 0 Å². The van der Waals surface area contributed by atoms with Crippen molar-refractivity contribution in [2.45, 2.75) is 39.7 Å². The number of aromatic nitrogens is 2. The lowest BCUT2D eigenvalue weighted by Gasteiger charge is -2.36. The number of carbonyl (C=O) groups excluding carboxylic acids is 2. The number of fused-ring (bicyclic) bond motifs is 1. The second-order valence-corrected chi connectivity index (χ2v) is 9.10. The Kier molecular flexibility index (Phi) is 5.72. The smallest absolute Gasteiger partial charge is 0.252 e. The normalized spacial score (nSPS) is 15.1. The van der Waals surface area contributed by atoms with Crippen LogP contribution in [0.1, 0.15) is 44.0 Å². The maximum Gasteiger partial charge on any atom is 0.252 e. The van der Waals surface area contributed by atoms with E-state index in [-0.39, 0.29) is 23.3 Å². The molecule has 0 spiro atoms. The summed E-state index contributed by atoms with van der Waals surface area (Å²) >= 11 is 0. The Balaban J connectivity index is 1.54. The molecule has 1 saturated heterocycles. The van der Waals surface area contributed by atoms with Gasteiger partial charge in [0.1, 0.15) is 0 Å². The lowest BCUT2D eigenvalue weighted by molar-refractivity contribution is -0.140. The first-order valence-electron chi connectivity index (χ1n) is 10.7. The molecule has 0 radical (unpaired) electrons. The average molecular weight is 417 g/mol. The molecule has 2 aromatic heterocycles. The highest BCUT2D eigenvalue weighted by atomic mass is 16.2. The first kappa shape index (κ1) is 21.0. The van der Waals surface area contributed by atoms with E-state index in [1.807, 2.05) is 68.1 Å². The molecule has 0 saturated carbocycles. The fraction of sp³-hybridized carbons (Fsp3) is 0.360. The quantitative estimate of drug-likeness (QED) is 0.699. The number of carbonyl (C=O) groups is 2. The molecule has 1 fully saturated rings. The number of rotatable bonds is 3. The minimum Gasteiger partial charge on any atom is -0.349 e. The van der Waals surface area contributed by atoms with Crippen molar-refractivity contribution in [3.63, 3.8) is 0 Å². The van der Waals surface area contributed by atoms with Crippen molar-refractivity contribution >= 4 is 22.7 Å². The Morgan fingerprint density at radius 1 is 1.06 bits per heavy atom. The first-order valence-corrected chi connectivity index (χ1v) is 10.7. The van der Waals surface area contributed by atoms with Crippen molar-refractivity contribution in [2.75, 3.05) is 13.1 Å². The van der Waals surface area contributed by atoms with Crippen LogP contribution in [-0.4, -0.2) is 45.8 Å². The van der Waals surface area contributed by atoms with Crippen LogP contribution in [0.25, 0.3) is 22.2 Å². The zero-order chi connectivity index (χ0) is 22.0. The fourth-order valence-corrected chi connectivity index (χ4v) is 3.99. The molecule has 0 atom stereocenters. The van der Waals surface area contributed by atoms with Gasteiger partial charge in [0.05, 0.1) is 16.8 Å². The fourth-order valence-electron chi connectivity index (χ4n) is 3.99. The molecule has 1 N–H and O–H groups in total. The third-order valence-electron chi connectivity index (χ3n) is 5.68. The summed E-state index contributed by atoms with van der Waals surface area (Å²) in [5.41, 5.74) is 2.60. The molecule has 0 aliphatic carbocycles. The van der Waals surface area contributed by atoms with E-state index in [1.165, 1.54) is 0 Å². The van der Waals surface area contributed by atoms with E-state index in [0.29, 0.717) is 18.7 Å². The van der Waals surface area contributed by atoms with Gasteiger partial charge in [-0.1, -0.05) is 39.0 Å². The highest BCUT2D eigenvalue weighted by Gasteiger charge is 2.31. The molecule has 31 heavy (non-hydrogen) atoms. The molecular formula is C25H28N4O2. The van der Waals surface area contributed by atoms with Crippen LogP contribution >= 0.6 is 0 Å². The Hall–Kier alpha value is -3.28. The number of nitrogens with one attached hydrogen (secondary N) is 1. The molecule has 0 unspecified atom stereocenters. The van der Waals surface area contributed by atoms with Gasteiger partial charge in [-0.3, -0.25) is 14.6 Å². The number of piperidine rings is 1. The molecule has 3 aromatic rings. The van der Waals surface area contributed by atoms with E-state index in [2.05, 4.69) is 10.3 Å². The number of para-hydroxylation sites is 1. The largest absolute Gasteiger partial charge is 0.349 e. The van der Waals surface area contributed by atoms with Crippen molar-refractivity contribution in [3.05, 3.63) is 60.4 Å². The van der Waals surface area contributed by atoms with Crippen molar-refractivity contribution in [2.24, 2.45) is 5.41 Å². The molecule has 1 aromatic carbocycles. The SMILES string of the molecule is CC(C)(C)C(=O)N1CCC(NC(=O)c2cc(-c3cccnc3)nc3ccccc23)CC1. The molecule has 6 nitrogen and oxygen atoms in total. The molecular weight excluding hydrogens is 388 g/mol. The van der Waals surface area contributed by atoms with Crippen molar-refractivity contribution in [1.82, 2.24) is 20.2 Å². The number of likely N-dealkylation sites (tertiary alicyclic amines) is 1. The molecule has 160 valence electrons. The number of pyridine rings is 2. The van der Waals surface area contributed by atoms with E-state index < -0.39 is 0 Å². The molecule has 0 bridgehead atoms. The van der Waals surface area contributed by atoms with E-state index in [9.17, 15) is 9.59 Å². The molecule has 6 heteroatoms. The van der Waals surface area contributed by atoms with Crippen LogP contribution in [0, 0.1) is 5.41 Å². The summed E-state index contributed by atoms with van der Waals surface area (Å²) in [7, 11) is 0. The summed E-state index contributed by atoms with van der Waals surface area (Å²) in [5.74, 6) is 0.0582. The summed E-state index contributed by atoms with van der Waals surface area (Å²) in [4.78, 5) is 36.6. The Labute approximate surface area is 182 Å². The van der Waals surface area contributed by atoms with Gasteiger partial charge in [0, 0.05) is 47.9 Å². The van der Waals surface area contributed by atoms with Crippen LogP contribution in [0.2, 0.25) is 0 Å². The third-order valence-corrected chi connectivity index (χ3v) is 5.68. The molecule has 3 heterocycles. The van der Waals surface area contributed by atoms with Gasteiger partial charge in [0.2, 0.25) is 5.91 Å². The van der Waals surface area contributed by atoms with E-state index >= 15 is 0 Å². The topological polar surface area (TPSA) is 75.2 Å². The number of hydrogen-bond acceptors (Lipinski definition) is 4. The summed E-state index contributed by atoms with van der Waals surface area (Å²) in [6, 6.07) is 13.4. The van der Waals surface area contributed by atoms with Crippen molar-refractivity contribution < 1.29 is 9.59 Å². The first-order chi connectivity index (χ1) is 14.8. The van der Waals surface area contributed by atoms with Gasteiger partial charge in [-0.15, -0.1) is 0 Å². The van der Waals surface area contributed by atoms with E-state index in [4.69, 9.17) is 4.98 Å². The third kappa shape index (κ3) is 4.58. The number of hydrogen-bond donors (Lipinski definition) is 1. The maximum absolute atomic E-state index is 13.3. The second kappa shape index (κ2) is 8.46. The zero-order valence-corrected chi connectivity index (χ0v) is 18.3. The summed E-state index contributed by atoms with van der Waals surface area (Å²) in [5, 5.41) is 4.01. The summed E-state index contributed by atoms with van der Waals surface area (Å²) in [6.45, 7) is 7.16. The minimum absolute atomic E-state index is 0.0466. The van der Waals surface area contributed by atoms with Gasteiger partial charge in [-0.05, 0) is 37.1 Å². The Morgan fingerprint density at radius 3 is 2.48 bits per heavy atom. The van der Waals surface area contributed by atoms with Crippen LogP contribution in [0.3, 0.4) is 0 Å². The summed E-state index contributed by atoms with van der Waals surface area (Å²) in [6.07, 6.45) is 4.98. The highest BCUT2D eigenvalue weighted by molar-refractivity contribution is 6.07. The predicted molar refractivity (Wildman–Crippen MR) is 121 cm³/mol. The lowest BCUT2D eigenvalue weighted by atomic mass is 9.93. The summed E-state index contributed by atoms with van der Waals surface area (Å²) < 4.78 is 0. The van der Waals surface area contributed by atoms with Crippen LogP contribution in [0.15, 0.2) is 54.9 Å². The van der Waals surface area contributed by atoms with Gasteiger partial charge < -0.3 is 10.2 Å². The van der Waals surface area contributed by atoms with Crippen molar-refractivity contribution in [1.29, 1.82) is 0 Å². The number of benzene rings is 1. The van der Waals surface area contributed by atoms with Crippen LogP contribution in [0.4, 0.5) is 0 Å². The monoisotopic (exact) mass is 416 g/mol. The van der Waals surface area contributed by atoms with Gasteiger partial charge in [0.25, 0.3) is 5.91 Å². The molecule has 1 aliphatic heterocycles. The van der Waals surface area contributed by atoms with E-state index in [0.717, 1.165) is 35.0 Å². The average Bonchev–Trinajstić information content (AvgIpc) is 2.78. The van der Waals surface area contributed by atoms with Gasteiger partial charge >= 0.3 is 0 Å². The lowest BCUT2D eigenvalue weighted by Crippen LogP contribution is -2.49. The predicted octanol–water partition coefficient (Wildman–Crippen LogP) is 4.06. The Bertz CT molecular complexity index is 1100. The standard InChI is InChI=1S/C25H28N4O2/c1-25(2,3)24(31)29-13-10-18(11-14-29)27-23(30)20-15-22(17-7-6-12-26-16-17)28-21-9-5-4-8-19(20)21/h4-9,12,15-16,18H,10-11,13-14H2,1-3H3,(H,27,30). The molecule has 4 rings (SSSR count). The number of amides is 2. The highest BCUT2D eigenvalue weighted by Crippen LogP contribution is 2.25. The maximum atomic E-state index is 13.3. The van der Waals surface area contributed by atoms with Crippen LogP contribution in [-0.2, 0) is 4.79 Å². The zero-order valence-electron chi connectivity index (χ0n) is 18.3. The number of nitrogens with zero attached hydrogens (tertiary/aromatic N) is 3. The molecule has 1 aliphatic rings. The van der Waals surface area contributed by atoms with Crippen LogP contribution < -0.4 is 5.32 Å². The second-order valence-electron chi connectivity index (χ2n) is 9.10. The minimum atomic E-state index is -0.380. The molecule has 2 amide bonds. The van der Waals surface area contributed by atoms with E-state index in [1.54, 1.807) is 12.4 Å². The van der Waals surface area contributed by atoms with Gasteiger partial charge in [0.15, 0.2) is 0 Å². The van der Waals surface area contributed by atoms with Gasteiger partial charge in [-0.2, -0.15) is 0 Å². The van der Waals surface area contributed by atoms with Gasteiger partial charge in [-0.25, -0.2) is 4.98 Å². The van der Waals surface area contributed by atoms with Crippen molar-refractivity contribution in [3.8, 4) is 11.3 Å². The Morgan fingerprint density at radius 2 is 1.81 bits per heavy atom.